The van der Waals surface area contributed by atoms with Gasteiger partial charge >= 0.3 is 15.2 Å². The normalized spacial score (nSPS) is 13.3. The molecule has 31 heavy (non-hydrogen) atoms. The van der Waals surface area contributed by atoms with Crippen LogP contribution in [0.1, 0.15) is 67.4 Å². The molecule has 0 radical (unpaired) electrons. The van der Waals surface area contributed by atoms with Crippen LogP contribution in [0.25, 0.3) is 0 Å². The van der Waals surface area contributed by atoms with Gasteiger partial charge in [0, 0.05) is 0 Å². The van der Waals surface area contributed by atoms with Crippen molar-refractivity contribution in [3.63, 3.8) is 0 Å². The molecule has 0 atom stereocenters. The molecule has 0 fully saturated rings. The van der Waals surface area contributed by atoms with Gasteiger partial charge in [-0.25, -0.2) is 0 Å². The number of aryl methyl sites for hydroxylation is 1. The van der Waals surface area contributed by atoms with Crippen LogP contribution >= 0.6 is 27.0 Å². The van der Waals surface area contributed by atoms with Gasteiger partial charge in [-0.05, 0) is 79.5 Å². The van der Waals surface area contributed by atoms with Crippen LogP contribution < -0.4 is 0 Å². The lowest BCUT2D eigenvalue weighted by Crippen LogP contribution is -2.22. The maximum atomic E-state index is 14.0. The number of hydrogen-bond donors (Lipinski definition) is 0. The molecule has 6 nitrogen and oxygen atoms in total. The van der Waals surface area contributed by atoms with Crippen molar-refractivity contribution in [2.24, 2.45) is 0 Å². The second-order valence-electron chi connectivity index (χ2n) is 8.48. The monoisotopic (exact) mass is 494 g/mol. The highest BCUT2D eigenvalue weighted by Gasteiger charge is 2.53. The predicted octanol–water partition coefficient (Wildman–Crippen LogP) is 7.72. The average Bonchev–Trinajstić information content (AvgIpc) is 2.59. The summed E-state index contributed by atoms with van der Waals surface area (Å²) in [7, 11) is -7.68. The van der Waals surface area contributed by atoms with Gasteiger partial charge < -0.3 is 18.1 Å². The smallest absolute Gasteiger partial charge is 0.305 e. The van der Waals surface area contributed by atoms with Gasteiger partial charge in [-0.1, -0.05) is 30.3 Å². The molecule has 0 spiro atoms. The molecular formula is C22H40O6P2S. The van der Waals surface area contributed by atoms with E-state index < -0.39 is 19.9 Å². The molecule has 0 bridgehead atoms. The minimum atomic E-state index is -3.84. The van der Waals surface area contributed by atoms with Crippen LogP contribution in [0.15, 0.2) is 30.3 Å². The molecule has 9 heteroatoms. The summed E-state index contributed by atoms with van der Waals surface area (Å²) in [4.78, 5) is 0. The van der Waals surface area contributed by atoms with E-state index in [9.17, 15) is 9.13 Å². The highest BCUT2D eigenvalue weighted by atomic mass is 32.2. The maximum Gasteiger partial charge on any atom is 0.356 e. The van der Waals surface area contributed by atoms with E-state index in [2.05, 4.69) is 12.1 Å². The molecule has 0 aliphatic carbocycles. The van der Waals surface area contributed by atoms with E-state index in [1.54, 1.807) is 55.4 Å². The molecule has 1 rings (SSSR count). The van der Waals surface area contributed by atoms with Crippen molar-refractivity contribution in [3.05, 3.63) is 35.9 Å². The third-order valence-electron chi connectivity index (χ3n) is 3.69. The first kappa shape index (κ1) is 28.9. The Morgan fingerprint density at radius 3 is 1.45 bits per heavy atom. The van der Waals surface area contributed by atoms with Crippen LogP contribution in [-0.2, 0) is 33.6 Å². The van der Waals surface area contributed by atoms with Crippen molar-refractivity contribution in [3.8, 4) is 0 Å². The first-order chi connectivity index (χ1) is 14.4. The summed E-state index contributed by atoms with van der Waals surface area (Å²) in [6.07, 6.45) is 0.193. The Labute approximate surface area is 193 Å². The summed E-state index contributed by atoms with van der Waals surface area (Å²) >= 11 is 1.30. The molecule has 0 aliphatic rings. The van der Waals surface area contributed by atoms with E-state index >= 15 is 0 Å². The Balaban J connectivity index is 3.20. The molecular weight excluding hydrogens is 454 g/mol. The second kappa shape index (κ2) is 13.5. The summed E-state index contributed by atoms with van der Waals surface area (Å²) in [6.45, 7) is 14.3. The summed E-state index contributed by atoms with van der Waals surface area (Å²) in [5, 5.41) is 0. The van der Waals surface area contributed by atoms with Crippen molar-refractivity contribution < 1.29 is 27.2 Å². The Morgan fingerprint density at radius 1 is 0.710 bits per heavy atom. The van der Waals surface area contributed by atoms with Crippen LogP contribution in [0.4, 0.5) is 0 Å². The number of benzene rings is 1. The average molecular weight is 495 g/mol. The fourth-order valence-corrected chi connectivity index (χ4v) is 11.0. The zero-order valence-corrected chi connectivity index (χ0v) is 22.8. The van der Waals surface area contributed by atoms with Gasteiger partial charge in [0.2, 0.25) is 4.73 Å². The zero-order valence-electron chi connectivity index (χ0n) is 20.1. The van der Waals surface area contributed by atoms with Crippen molar-refractivity contribution in [1.29, 1.82) is 0 Å². The van der Waals surface area contributed by atoms with E-state index in [0.29, 0.717) is 5.75 Å². The van der Waals surface area contributed by atoms with Crippen molar-refractivity contribution in [1.82, 2.24) is 0 Å². The predicted molar refractivity (Wildman–Crippen MR) is 131 cm³/mol. The van der Waals surface area contributed by atoms with Gasteiger partial charge in [0.05, 0.1) is 24.4 Å². The fourth-order valence-electron chi connectivity index (χ4n) is 2.90. The van der Waals surface area contributed by atoms with Gasteiger partial charge in [0.25, 0.3) is 0 Å². The lowest BCUT2D eigenvalue weighted by atomic mass is 10.1. The molecule has 0 saturated heterocycles. The van der Waals surface area contributed by atoms with Crippen LogP contribution in [-0.4, -0.2) is 34.9 Å². The standard InChI is InChI=1S/C22H40O6P2S/c1-17(2)25-29(23,26-18(3)4)22(30(24,27-19(5)6)28-20(7)8)31-16-12-15-21-13-10-9-11-14-21/h9-11,13-14,17-20,22H,12,15-16H2,1-8H3. The van der Waals surface area contributed by atoms with Gasteiger partial charge in [-0.2, -0.15) is 0 Å². The quantitative estimate of drug-likeness (QED) is 0.183. The van der Waals surface area contributed by atoms with E-state index in [1.165, 1.54) is 17.3 Å². The highest BCUT2D eigenvalue weighted by Crippen LogP contribution is 2.75. The van der Waals surface area contributed by atoms with Gasteiger partial charge in [-0.3, -0.25) is 9.13 Å². The summed E-state index contributed by atoms with van der Waals surface area (Å²) in [5.41, 5.74) is 1.22. The Kier molecular flexibility index (Phi) is 12.6. The molecule has 1 aromatic rings. The van der Waals surface area contributed by atoms with Gasteiger partial charge in [0.15, 0.2) is 0 Å². The number of thioether (sulfide) groups is 1. The van der Waals surface area contributed by atoms with Crippen LogP contribution in [0.5, 0.6) is 0 Å². The molecule has 180 valence electrons. The highest BCUT2D eigenvalue weighted by molar-refractivity contribution is 8.12. The van der Waals surface area contributed by atoms with Crippen molar-refractivity contribution >= 4 is 27.0 Å². The minimum absolute atomic E-state index is 0.372. The summed E-state index contributed by atoms with van der Waals surface area (Å²) in [5.74, 6) is 0.610. The molecule has 0 aromatic heterocycles. The lowest BCUT2D eigenvalue weighted by molar-refractivity contribution is 0.129. The fraction of sp³-hybridized carbons (Fsp3) is 0.727. The number of rotatable bonds is 15. The Hall–Kier alpha value is -0.130. The lowest BCUT2D eigenvalue weighted by Gasteiger charge is -2.34. The summed E-state index contributed by atoms with van der Waals surface area (Å²) < 4.78 is 50.2. The summed E-state index contributed by atoms with van der Waals surface area (Å²) in [6, 6.07) is 10.2. The Bertz CT molecular complexity index is 658. The van der Waals surface area contributed by atoms with Crippen LogP contribution in [0, 0.1) is 0 Å². The van der Waals surface area contributed by atoms with Gasteiger partial charge in [0.1, 0.15) is 0 Å². The zero-order chi connectivity index (χ0) is 23.7. The SMILES string of the molecule is CC(C)OP(=O)(OC(C)C)C(SCCCc1ccccc1)P(=O)(OC(C)C)OC(C)C. The molecule has 1 aromatic carbocycles. The third kappa shape index (κ3) is 10.6. The van der Waals surface area contributed by atoms with E-state index in [4.69, 9.17) is 18.1 Å². The van der Waals surface area contributed by atoms with Crippen LogP contribution in [0.3, 0.4) is 0 Å². The molecule has 0 N–H and O–H groups in total. The topological polar surface area (TPSA) is 71.1 Å². The first-order valence-corrected chi connectivity index (χ1v) is 15.2. The minimum Gasteiger partial charge on any atom is -0.305 e. The Morgan fingerprint density at radius 2 is 1.10 bits per heavy atom. The molecule has 0 amide bonds. The molecule has 0 unspecified atom stereocenters. The van der Waals surface area contributed by atoms with Gasteiger partial charge in [-0.15, -0.1) is 11.8 Å². The van der Waals surface area contributed by atoms with Crippen LogP contribution in [0.2, 0.25) is 0 Å². The first-order valence-electron chi connectivity index (χ1n) is 11.0. The largest absolute Gasteiger partial charge is 0.356 e. The molecule has 0 saturated carbocycles. The van der Waals surface area contributed by atoms with E-state index in [-0.39, 0.29) is 24.4 Å². The second-order valence-corrected chi connectivity index (χ2v) is 14.8. The van der Waals surface area contributed by atoms with E-state index in [1.807, 2.05) is 18.2 Å². The third-order valence-corrected chi connectivity index (χ3v) is 12.6. The maximum absolute atomic E-state index is 14.0. The van der Waals surface area contributed by atoms with Crippen molar-refractivity contribution in [2.45, 2.75) is 97.4 Å². The molecule has 0 aliphatic heterocycles. The van der Waals surface area contributed by atoms with E-state index in [0.717, 1.165) is 12.8 Å². The van der Waals surface area contributed by atoms with Crippen molar-refractivity contribution in [2.75, 3.05) is 5.75 Å². The number of hydrogen-bond acceptors (Lipinski definition) is 7. The molecule has 0 heterocycles.